The topological polar surface area (TPSA) is 56.1 Å². The third-order valence-corrected chi connectivity index (χ3v) is 4.50. The number of para-hydroxylation sites is 2. The standard InChI is InChI=1S/C22H27N3O2/c1-2-27-16-15-25-20-12-7-6-11-19(20)24-21(25)13-8-14-23-22(26)17-18-9-4-3-5-10-18/h3-7,9-12H,2,8,13-17H2,1H3,(H,23,26). The van der Waals surface area contributed by atoms with Crippen LogP contribution in [0.15, 0.2) is 54.6 Å². The van der Waals surface area contributed by atoms with Crippen LogP contribution in [0, 0.1) is 0 Å². The number of carbonyl (C=O) groups excluding carboxylic acids is 1. The largest absolute Gasteiger partial charge is 0.380 e. The zero-order valence-electron chi connectivity index (χ0n) is 15.9. The van der Waals surface area contributed by atoms with Gasteiger partial charge in [0.25, 0.3) is 0 Å². The molecule has 142 valence electrons. The average molecular weight is 365 g/mol. The van der Waals surface area contributed by atoms with Crippen LogP contribution in [0.3, 0.4) is 0 Å². The van der Waals surface area contributed by atoms with Crippen molar-refractivity contribution < 1.29 is 9.53 Å². The third kappa shape index (κ3) is 5.41. The van der Waals surface area contributed by atoms with E-state index in [0.717, 1.165) is 48.4 Å². The summed E-state index contributed by atoms with van der Waals surface area (Å²) in [5.41, 5.74) is 3.19. The molecule has 0 bridgehead atoms. The maximum atomic E-state index is 12.1. The molecule has 0 saturated carbocycles. The Morgan fingerprint density at radius 3 is 2.70 bits per heavy atom. The van der Waals surface area contributed by atoms with E-state index in [4.69, 9.17) is 9.72 Å². The lowest BCUT2D eigenvalue weighted by molar-refractivity contribution is -0.120. The van der Waals surface area contributed by atoms with E-state index in [1.165, 1.54) is 0 Å². The van der Waals surface area contributed by atoms with Crippen LogP contribution in [-0.2, 0) is 28.9 Å². The fourth-order valence-electron chi connectivity index (χ4n) is 3.18. The number of ether oxygens (including phenoxy) is 1. The van der Waals surface area contributed by atoms with Gasteiger partial charge < -0.3 is 14.6 Å². The first-order chi connectivity index (χ1) is 13.3. The molecule has 0 aliphatic carbocycles. The van der Waals surface area contributed by atoms with Crippen LogP contribution in [0.2, 0.25) is 0 Å². The highest BCUT2D eigenvalue weighted by atomic mass is 16.5. The van der Waals surface area contributed by atoms with E-state index in [2.05, 4.69) is 16.0 Å². The van der Waals surface area contributed by atoms with E-state index in [9.17, 15) is 4.79 Å². The molecule has 0 spiro atoms. The van der Waals surface area contributed by atoms with Crippen LogP contribution in [0.1, 0.15) is 24.7 Å². The summed E-state index contributed by atoms with van der Waals surface area (Å²) in [6.07, 6.45) is 2.11. The Kier molecular flexibility index (Phi) is 6.99. The molecule has 2 aromatic carbocycles. The van der Waals surface area contributed by atoms with Crippen molar-refractivity contribution in [2.75, 3.05) is 19.8 Å². The van der Waals surface area contributed by atoms with Crippen LogP contribution in [0.25, 0.3) is 11.0 Å². The van der Waals surface area contributed by atoms with Gasteiger partial charge in [0.1, 0.15) is 5.82 Å². The van der Waals surface area contributed by atoms with Crippen molar-refractivity contribution in [2.24, 2.45) is 0 Å². The number of fused-ring (bicyclic) bond motifs is 1. The Bertz CT molecular complexity index is 858. The van der Waals surface area contributed by atoms with Gasteiger partial charge >= 0.3 is 0 Å². The molecule has 1 N–H and O–H groups in total. The van der Waals surface area contributed by atoms with Gasteiger partial charge in [0.2, 0.25) is 5.91 Å². The molecule has 5 heteroatoms. The number of amides is 1. The normalized spacial score (nSPS) is 11.0. The summed E-state index contributed by atoms with van der Waals surface area (Å²) in [7, 11) is 0. The fraction of sp³-hybridized carbons (Fsp3) is 0.364. The molecule has 27 heavy (non-hydrogen) atoms. The number of aromatic nitrogens is 2. The lowest BCUT2D eigenvalue weighted by atomic mass is 10.1. The minimum Gasteiger partial charge on any atom is -0.380 e. The molecule has 0 aliphatic rings. The minimum absolute atomic E-state index is 0.0612. The number of imidazole rings is 1. The van der Waals surface area contributed by atoms with Crippen LogP contribution in [0.5, 0.6) is 0 Å². The van der Waals surface area contributed by atoms with Gasteiger partial charge in [-0.1, -0.05) is 42.5 Å². The Morgan fingerprint density at radius 1 is 1.11 bits per heavy atom. The van der Waals surface area contributed by atoms with Crippen LogP contribution < -0.4 is 5.32 Å². The monoisotopic (exact) mass is 365 g/mol. The van der Waals surface area contributed by atoms with E-state index in [-0.39, 0.29) is 5.91 Å². The van der Waals surface area contributed by atoms with Crippen molar-refractivity contribution in [2.45, 2.75) is 32.7 Å². The summed E-state index contributed by atoms with van der Waals surface area (Å²) in [5, 5.41) is 3.01. The number of hydrogen-bond acceptors (Lipinski definition) is 3. The number of rotatable bonds is 10. The predicted molar refractivity (Wildman–Crippen MR) is 108 cm³/mol. The highest BCUT2D eigenvalue weighted by Gasteiger charge is 2.10. The molecule has 1 heterocycles. The van der Waals surface area contributed by atoms with E-state index < -0.39 is 0 Å². The summed E-state index contributed by atoms with van der Waals surface area (Å²) >= 11 is 0. The summed E-state index contributed by atoms with van der Waals surface area (Å²) in [6, 6.07) is 18.0. The molecule has 5 nitrogen and oxygen atoms in total. The van der Waals surface area contributed by atoms with Crippen LogP contribution in [-0.4, -0.2) is 35.2 Å². The highest BCUT2D eigenvalue weighted by Crippen LogP contribution is 2.17. The molecule has 3 rings (SSSR count). The second kappa shape index (κ2) is 9.88. The van der Waals surface area contributed by atoms with E-state index in [0.29, 0.717) is 19.6 Å². The molecule has 1 amide bonds. The SMILES string of the molecule is CCOCCn1c(CCCNC(=O)Cc2ccccc2)nc2ccccc21. The lowest BCUT2D eigenvalue weighted by Crippen LogP contribution is -2.26. The van der Waals surface area contributed by atoms with Crippen molar-refractivity contribution in [1.82, 2.24) is 14.9 Å². The second-order valence-electron chi connectivity index (χ2n) is 6.48. The van der Waals surface area contributed by atoms with Gasteiger partial charge in [-0.15, -0.1) is 0 Å². The predicted octanol–water partition coefficient (Wildman–Crippen LogP) is 3.36. The molecule has 3 aromatic rings. The van der Waals surface area contributed by atoms with Crippen LogP contribution >= 0.6 is 0 Å². The van der Waals surface area contributed by atoms with E-state index in [1.54, 1.807) is 0 Å². The van der Waals surface area contributed by atoms with Gasteiger partial charge in [0.15, 0.2) is 0 Å². The Balaban J connectivity index is 1.53. The maximum absolute atomic E-state index is 12.1. The molecule has 1 aromatic heterocycles. The summed E-state index contributed by atoms with van der Waals surface area (Å²) in [5.74, 6) is 1.11. The van der Waals surface area contributed by atoms with Gasteiger partial charge in [-0.05, 0) is 31.0 Å². The van der Waals surface area contributed by atoms with Gasteiger partial charge in [-0.3, -0.25) is 4.79 Å². The molecule has 0 radical (unpaired) electrons. The van der Waals surface area contributed by atoms with Crippen molar-refractivity contribution >= 4 is 16.9 Å². The molecular weight excluding hydrogens is 338 g/mol. The van der Waals surface area contributed by atoms with Crippen molar-refractivity contribution in [1.29, 1.82) is 0 Å². The number of aryl methyl sites for hydroxylation is 1. The Morgan fingerprint density at radius 2 is 1.89 bits per heavy atom. The molecule has 0 fully saturated rings. The highest BCUT2D eigenvalue weighted by molar-refractivity contribution is 5.78. The minimum atomic E-state index is 0.0612. The number of nitrogens with one attached hydrogen (secondary N) is 1. The summed E-state index contributed by atoms with van der Waals surface area (Å²) in [6.45, 7) is 4.85. The number of nitrogens with zero attached hydrogens (tertiary/aromatic N) is 2. The quantitative estimate of drug-likeness (QED) is 0.561. The van der Waals surface area contributed by atoms with Crippen LogP contribution in [0.4, 0.5) is 0 Å². The molecule has 0 unspecified atom stereocenters. The van der Waals surface area contributed by atoms with E-state index >= 15 is 0 Å². The first-order valence-electron chi connectivity index (χ1n) is 9.60. The van der Waals surface area contributed by atoms with Crippen molar-refractivity contribution in [3.63, 3.8) is 0 Å². The smallest absolute Gasteiger partial charge is 0.224 e. The Labute approximate surface area is 160 Å². The first-order valence-corrected chi connectivity index (χ1v) is 9.60. The fourth-order valence-corrected chi connectivity index (χ4v) is 3.18. The van der Waals surface area contributed by atoms with Gasteiger partial charge in [0, 0.05) is 26.1 Å². The first kappa shape index (κ1) is 19.1. The van der Waals surface area contributed by atoms with Crippen molar-refractivity contribution in [3.05, 3.63) is 66.0 Å². The van der Waals surface area contributed by atoms with Gasteiger partial charge in [0.05, 0.1) is 24.1 Å². The number of carbonyl (C=O) groups is 1. The average Bonchev–Trinajstić information content (AvgIpc) is 3.04. The second-order valence-corrected chi connectivity index (χ2v) is 6.48. The molecule has 0 saturated heterocycles. The Hall–Kier alpha value is -2.66. The number of hydrogen-bond donors (Lipinski definition) is 1. The third-order valence-electron chi connectivity index (χ3n) is 4.50. The van der Waals surface area contributed by atoms with Gasteiger partial charge in [-0.2, -0.15) is 0 Å². The van der Waals surface area contributed by atoms with Crippen molar-refractivity contribution in [3.8, 4) is 0 Å². The zero-order valence-corrected chi connectivity index (χ0v) is 15.9. The lowest BCUT2D eigenvalue weighted by Gasteiger charge is -2.10. The molecular formula is C22H27N3O2. The van der Waals surface area contributed by atoms with Gasteiger partial charge in [-0.25, -0.2) is 4.98 Å². The summed E-state index contributed by atoms with van der Waals surface area (Å²) in [4.78, 5) is 16.8. The molecule has 0 aliphatic heterocycles. The zero-order chi connectivity index (χ0) is 18.9. The van der Waals surface area contributed by atoms with E-state index in [1.807, 2.05) is 55.5 Å². The number of benzene rings is 2. The maximum Gasteiger partial charge on any atom is 0.224 e. The molecule has 0 atom stereocenters. The summed E-state index contributed by atoms with van der Waals surface area (Å²) < 4.78 is 7.75.